The van der Waals surface area contributed by atoms with Crippen LogP contribution in [0.25, 0.3) is 0 Å². The summed E-state index contributed by atoms with van der Waals surface area (Å²) in [7, 11) is -2.70. The van der Waals surface area contributed by atoms with E-state index in [1.165, 1.54) is 0 Å². The summed E-state index contributed by atoms with van der Waals surface area (Å²) in [5.41, 5.74) is 6.32. The molecule has 2 atom stereocenters. The molecule has 53 heavy (non-hydrogen) atoms. The summed E-state index contributed by atoms with van der Waals surface area (Å²) in [5, 5.41) is 2.54. The minimum absolute atomic E-state index is 0. The Balaban J connectivity index is 0.000000232. The second-order valence-electron chi connectivity index (χ2n) is 14.5. The number of nitrogens with one attached hydrogen (secondary N) is 1. The first-order valence-electron chi connectivity index (χ1n) is 17.1. The molecule has 2 aliphatic heterocycles. The maximum absolute atomic E-state index is 12.5. The fourth-order valence-electron chi connectivity index (χ4n) is 6.98. The van der Waals surface area contributed by atoms with Gasteiger partial charge < -0.3 is 9.80 Å². The van der Waals surface area contributed by atoms with Gasteiger partial charge in [0.25, 0.3) is 0 Å². The molecule has 0 aliphatic carbocycles. The van der Waals surface area contributed by atoms with Gasteiger partial charge >= 0.3 is 0 Å². The van der Waals surface area contributed by atoms with Gasteiger partial charge in [-0.2, -0.15) is 0 Å². The molecule has 7 nitrogen and oxygen atoms in total. The molecule has 0 bridgehead atoms. The van der Waals surface area contributed by atoms with Crippen molar-refractivity contribution in [3.05, 3.63) is 126 Å². The number of sulfonamides is 1. The molecule has 0 radical (unpaired) electrons. The lowest BCUT2D eigenvalue weighted by atomic mass is 9.85. The van der Waals surface area contributed by atoms with Crippen molar-refractivity contribution in [3.63, 3.8) is 0 Å². The summed E-state index contributed by atoms with van der Waals surface area (Å²) in [4.78, 5) is 5.05. The number of hydrogen-bond acceptors (Lipinski definition) is 6. The van der Waals surface area contributed by atoms with Crippen LogP contribution < -0.4 is 4.72 Å². The highest BCUT2D eigenvalue weighted by atomic mass is 35.5. The van der Waals surface area contributed by atoms with Crippen molar-refractivity contribution in [2.24, 2.45) is 5.92 Å². The molecule has 2 aliphatic rings. The lowest BCUT2D eigenvalue weighted by molar-refractivity contribution is 0.295. The predicted octanol–water partition coefficient (Wildman–Crippen LogP) is 9.89. The van der Waals surface area contributed by atoms with Crippen molar-refractivity contribution < 1.29 is 16.8 Å². The highest BCUT2D eigenvalue weighted by Gasteiger charge is 2.29. The van der Waals surface area contributed by atoms with E-state index in [0.717, 1.165) is 59.6 Å². The van der Waals surface area contributed by atoms with E-state index in [1.54, 1.807) is 56.3 Å². The summed E-state index contributed by atoms with van der Waals surface area (Å²) in [6.07, 6.45) is 0. The molecule has 0 amide bonds. The first-order valence-corrected chi connectivity index (χ1v) is 21.8. The van der Waals surface area contributed by atoms with Gasteiger partial charge in [-0.1, -0.05) is 91.9 Å². The Morgan fingerprint density at radius 2 is 1.17 bits per heavy atom. The van der Waals surface area contributed by atoms with Gasteiger partial charge in [-0.3, -0.25) is 0 Å². The molecule has 288 valence electrons. The highest BCUT2D eigenvalue weighted by Crippen LogP contribution is 2.40. The van der Waals surface area contributed by atoms with E-state index in [1.807, 2.05) is 51.2 Å². The predicted molar refractivity (Wildman–Crippen MR) is 221 cm³/mol. The number of halogens is 4. The van der Waals surface area contributed by atoms with Crippen LogP contribution in [-0.4, -0.2) is 65.6 Å². The molecule has 2 unspecified atom stereocenters. The van der Waals surface area contributed by atoms with Crippen LogP contribution in [0.3, 0.4) is 0 Å². The molecule has 0 fully saturated rings. The molecular weight excluding hydrogens is 792 g/mol. The fraction of sp³-hybridized carbons (Fsp3) is 0.400. The largest absolute Gasteiger partial charge is 0.301 e. The van der Waals surface area contributed by atoms with Gasteiger partial charge in [0.05, 0.1) is 15.5 Å². The van der Waals surface area contributed by atoms with Gasteiger partial charge in [-0.05, 0) is 116 Å². The first-order chi connectivity index (χ1) is 24.3. The Hall–Kier alpha value is -2.18. The van der Waals surface area contributed by atoms with Crippen molar-refractivity contribution >= 4 is 66.3 Å². The summed E-state index contributed by atoms with van der Waals surface area (Å²) in [6, 6.07) is 21.6. The van der Waals surface area contributed by atoms with Crippen LogP contribution in [0.1, 0.15) is 80.3 Å². The number of fused-ring (bicyclic) bond motifs is 2. The van der Waals surface area contributed by atoms with Gasteiger partial charge in [-0.15, -0.1) is 0 Å². The van der Waals surface area contributed by atoms with E-state index in [-0.39, 0.29) is 41.9 Å². The molecule has 1 N–H and O–H groups in total. The Morgan fingerprint density at radius 1 is 0.679 bits per heavy atom. The molecule has 13 heteroatoms. The molecule has 0 aromatic heterocycles. The van der Waals surface area contributed by atoms with E-state index >= 15 is 0 Å². The second-order valence-corrected chi connectivity index (χ2v) is 19.9. The minimum atomic E-state index is -3.54. The average molecular weight is 842 g/mol. The number of hydrogen-bond donors (Lipinski definition) is 1. The zero-order valence-corrected chi connectivity index (χ0v) is 34.8. The quantitative estimate of drug-likeness (QED) is 0.190. The van der Waals surface area contributed by atoms with Crippen LogP contribution in [-0.2, 0) is 33.0 Å². The molecular formula is C40H49Cl4N3O4S2. The lowest BCUT2D eigenvalue weighted by Gasteiger charge is -2.33. The van der Waals surface area contributed by atoms with Gasteiger partial charge in [0.2, 0.25) is 10.0 Å². The number of likely N-dealkylation sites (N-methyl/N-ethyl adjacent to an activating group) is 2. The normalized spacial score (nSPS) is 17.8. The number of sulfone groups is 1. The van der Waals surface area contributed by atoms with Gasteiger partial charge in [0.1, 0.15) is 0 Å². The average Bonchev–Trinajstić information content (AvgIpc) is 3.04. The minimum Gasteiger partial charge on any atom is -0.301 e. The third kappa shape index (κ3) is 10.6. The highest BCUT2D eigenvalue weighted by molar-refractivity contribution is 7.91. The summed E-state index contributed by atoms with van der Waals surface area (Å²) >= 11 is 25.3. The maximum Gasteiger partial charge on any atom is 0.240 e. The van der Waals surface area contributed by atoms with Gasteiger partial charge in [0, 0.05) is 64.1 Å². The monoisotopic (exact) mass is 839 g/mol. The summed E-state index contributed by atoms with van der Waals surface area (Å²) in [5.74, 6) is 0.380. The van der Waals surface area contributed by atoms with Crippen molar-refractivity contribution in [3.8, 4) is 0 Å². The van der Waals surface area contributed by atoms with E-state index in [2.05, 4.69) is 21.6 Å². The summed E-state index contributed by atoms with van der Waals surface area (Å²) in [6.45, 7) is 10.6. The Morgan fingerprint density at radius 3 is 1.64 bits per heavy atom. The SMILES string of the molecule is C.CC(C)CS(=O)(=O)c1ccc(C2CN(C)Cc3c(Cl)cc(Cl)cc32)cc1.CC(C)NS(=O)(=O)c1cccc(C2CN(C)Cc3c(Cl)cc(Cl)cc32)c1. The van der Waals surface area contributed by atoms with E-state index in [4.69, 9.17) is 46.4 Å². The van der Waals surface area contributed by atoms with Crippen molar-refractivity contribution in [2.75, 3.05) is 32.9 Å². The second kappa shape index (κ2) is 17.7. The standard InChI is InChI=1S/C20H23Cl2NO2S.C19H22Cl2N2O2S.CH4/c1-13(2)12-26(24,25)16-6-4-14(5-7-16)18-10-23(3)11-19-17(18)8-15(21)9-20(19)22;1-12(2)22-26(24,25)15-6-4-5-13(7-15)17-10-23(3)11-18-16(17)8-14(20)9-19(18)21;/h4-9,13,18H,10-12H2,1-3H3;4-9,12,17,22H,10-11H2,1-3H3;1H4. The van der Waals surface area contributed by atoms with Gasteiger partial charge in [0.15, 0.2) is 9.84 Å². The fourth-order valence-corrected chi connectivity index (χ4v) is 11.0. The lowest BCUT2D eigenvalue weighted by Crippen LogP contribution is -2.32. The molecule has 0 spiro atoms. The van der Waals surface area contributed by atoms with Crippen LogP contribution in [0.4, 0.5) is 0 Å². The van der Waals surface area contributed by atoms with Crippen LogP contribution >= 0.6 is 46.4 Å². The van der Waals surface area contributed by atoms with Crippen molar-refractivity contribution in [2.45, 2.75) is 75.9 Å². The zero-order valence-electron chi connectivity index (χ0n) is 30.1. The Bertz CT molecular complexity index is 2140. The molecule has 0 saturated carbocycles. The van der Waals surface area contributed by atoms with Crippen molar-refractivity contribution in [1.82, 2.24) is 14.5 Å². The maximum atomic E-state index is 12.5. The number of rotatable bonds is 8. The first kappa shape index (κ1) is 43.5. The van der Waals surface area contributed by atoms with Crippen molar-refractivity contribution in [1.29, 1.82) is 0 Å². The molecule has 2 heterocycles. The third-order valence-electron chi connectivity index (χ3n) is 9.14. The van der Waals surface area contributed by atoms with E-state index in [0.29, 0.717) is 25.0 Å². The van der Waals surface area contributed by atoms with E-state index < -0.39 is 19.9 Å². The van der Waals surface area contributed by atoms with Crippen LogP contribution in [0.5, 0.6) is 0 Å². The van der Waals surface area contributed by atoms with Crippen LogP contribution in [0.2, 0.25) is 20.1 Å². The molecule has 4 aromatic carbocycles. The Labute approximate surface area is 336 Å². The number of benzene rings is 4. The zero-order chi connectivity index (χ0) is 38.1. The summed E-state index contributed by atoms with van der Waals surface area (Å²) < 4.78 is 52.5. The molecule has 6 rings (SSSR count). The Kier molecular flexibility index (Phi) is 14.6. The van der Waals surface area contributed by atoms with Gasteiger partial charge in [-0.25, -0.2) is 21.6 Å². The van der Waals surface area contributed by atoms with E-state index in [9.17, 15) is 16.8 Å². The molecule has 0 saturated heterocycles. The topological polar surface area (TPSA) is 86.8 Å². The van der Waals surface area contributed by atoms with Crippen LogP contribution in [0.15, 0.2) is 82.6 Å². The van der Waals surface area contributed by atoms with Crippen LogP contribution in [0, 0.1) is 5.92 Å². The third-order valence-corrected chi connectivity index (χ3v) is 14.0. The smallest absolute Gasteiger partial charge is 0.240 e. The molecule has 4 aromatic rings. The number of nitrogens with zero attached hydrogens (tertiary/aromatic N) is 2.